The Labute approximate surface area is 201 Å². The lowest BCUT2D eigenvalue weighted by atomic mass is 9.97. The highest BCUT2D eigenvalue weighted by Gasteiger charge is 2.31. The van der Waals surface area contributed by atoms with Gasteiger partial charge < -0.3 is 4.74 Å². The Morgan fingerprint density at radius 3 is 2.62 bits per heavy atom. The average molecular weight is 468 g/mol. The second-order valence-corrected chi connectivity index (χ2v) is 8.94. The maximum Gasteiger partial charge on any atom is 0.308 e. The highest BCUT2D eigenvalue weighted by molar-refractivity contribution is 7.13. The third-order valence-corrected chi connectivity index (χ3v) is 6.98. The molecule has 0 saturated carbocycles. The van der Waals surface area contributed by atoms with E-state index in [0.29, 0.717) is 11.4 Å². The van der Waals surface area contributed by atoms with Gasteiger partial charge in [0.1, 0.15) is 16.9 Å². The number of aliphatic imine (C=N–C) groups is 1. The molecule has 8 heteroatoms. The molecule has 168 valence electrons. The van der Waals surface area contributed by atoms with E-state index in [4.69, 9.17) is 9.73 Å². The lowest BCUT2D eigenvalue weighted by molar-refractivity contribution is -0.141. The molecule has 1 atom stereocenters. The number of methoxy groups -OCH3 is 1. The molecule has 0 radical (unpaired) electrons. The van der Waals surface area contributed by atoms with Crippen LogP contribution in [0.15, 0.2) is 58.9 Å². The quantitative estimate of drug-likeness (QED) is 0.396. The van der Waals surface area contributed by atoms with Crippen LogP contribution in [0.25, 0.3) is 16.1 Å². The molecule has 5 rings (SSSR count). The fraction of sp³-hybridized carbons (Fsp3) is 0.192. The Kier molecular flexibility index (Phi) is 5.56. The van der Waals surface area contributed by atoms with Crippen LogP contribution in [0.2, 0.25) is 0 Å². The fourth-order valence-electron chi connectivity index (χ4n) is 4.19. The summed E-state index contributed by atoms with van der Waals surface area (Å²) in [5.41, 5.74) is 6.47. The van der Waals surface area contributed by atoms with Crippen molar-refractivity contribution in [2.24, 2.45) is 4.99 Å². The number of rotatable bonds is 4. The minimum atomic E-state index is -0.519. The van der Waals surface area contributed by atoms with Crippen LogP contribution >= 0.6 is 11.3 Å². The average Bonchev–Trinajstić information content (AvgIpc) is 3.39. The molecule has 0 bridgehead atoms. The van der Waals surface area contributed by atoms with Gasteiger partial charge in [0.05, 0.1) is 30.9 Å². The summed E-state index contributed by atoms with van der Waals surface area (Å²) in [4.78, 5) is 17.3. The van der Waals surface area contributed by atoms with Crippen LogP contribution in [-0.4, -0.2) is 33.6 Å². The Morgan fingerprint density at radius 2 is 1.88 bits per heavy atom. The predicted octanol–water partition coefficient (Wildman–Crippen LogP) is 4.94. The van der Waals surface area contributed by atoms with Crippen LogP contribution in [0, 0.1) is 25.2 Å². The van der Waals surface area contributed by atoms with Crippen LogP contribution in [0.3, 0.4) is 0 Å². The summed E-state index contributed by atoms with van der Waals surface area (Å²) in [7, 11) is 1.38. The number of carbonyl (C=O) groups is 1. The van der Waals surface area contributed by atoms with Gasteiger partial charge in [-0.2, -0.15) is 5.26 Å². The molecule has 34 heavy (non-hydrogen) atoms. The van der Waals surface area contributed by atoms with Gasteiger partial charge in [-0.05, 0) is 48.1 Å². The van der Waals surface area contributed by atoms with Gasteiger partial charge in [-0.25, -0.2) is 0 Å². The Morgan fingerprint density at radius 1 is 1.12 bits per heavy atom. The first-order valence-corrected chi connectivity index (χ1v) is 11.6. The van der Waals surface area contributed by atoms with E-state index in [0.717, 1.165) is 44.4 Å². The number of ether oxygens (including phenoxy) is 1. The zero-order valence-corrected chi connectivity index (χ0v) is 19.8. The summed E-state index contributed by atoms with van der Waals surface area (Å²) in [5.74, 6) is 1.03. The van der Waals surface area contributed by atoms with Crippen LogP contribution in [0.4, 0.5) is 0 Å². The third-order valence-electron chi connectivity index (χ3n) is 5.90. The van der Waals surface area contributed by atoms with Crippen molar-refractivity contribution >= 4 is 23.0 Å². The number of hydrogen-bond acceptors (Lipinski definition) is 7. The minimum absolute atomic E-state index is 0.0746. The number of esters is 1. The van der Waals surface area contributed by atoms with Gasteiger partial charge in [-0.1, -0.05) is 36.4 Å². The number of aromatic nitrogens is 3. The maximum absolute atomic E-state index is 12.2. The van der Waals surface area contributed by atoms with Crippen molar-refractivity contribution in [2.45, 2.75) is 26.3 Å². The molecule has 0 N–H and O–H groups in total. The molecule has 0 aliphatic carbocycles. The molecular weight excluding hydrogens is 446 g/mol. The van der Waals surface area contributed by atoms with E-state index in [1.165, 1.54) is 7.11 Å². The van der Waals surface area contributed by atoms with E-state index in [1.807, 2.05) is 54.0 Å². The SMILES string of the molecule is COC(=O)C[C@@H]1N=C(c2ccc(-c3cccc(C#N)c3)cc2)c2c(C)csc2-n2c(C)nnc21. The molecule has 7 nitrogen and oxygen atoms in total. The van der Waals surface area contributed by atoms with Gasteiger partial charge in [0, 0.05) is 11.1 Å². The highest BCUT2D eigenvalue weighted by Crippen LogP contribution is 2.37. The first-order chi connectivity index (χ1) is 16.5. The van der Waals surface area contributed by atoms with Crippen LogP contribution < -0.4 is 0 Å². The first kappa shape index (κ1) is 21.7. The smallest absolute Gasteiger partial charge is 0.308 e. The maximum atomic E-state index is 12.2. The van der Waals surface area contributed by atoms with Crippen molar-refractivity contribution in [1.29, 1.82) is 5.26 Å². The lowest BCUT2D eigenvalue weighted by Gasteiger charge is -2.12. The first-order valence-electron chi connectivity index (χ1n) is 10.8. The number of nitrogens with zero attached hydrogens (tertiary/aromatic N) is 5. The number of nitriles is 1. The molecule has 0 unspecified atom stereocenters. The molecule has 0 fully saturated rings. The molecule has 2 aromatic heterocycles. The minimum Gasteiger partial charge on any atom is -0.469 e. The van der Waals surface area contributed by atoms with E-state index in [-0.39, 0.29) is 12.4 Å². The van der Waals surface area contributed by atoms with Crippen molar-refractivity contribution < 1.29 is 9.53 Å². The molecule has 3 heterocycles. The largest absolute Gasteiger partial charge is 0.469 e. The standard InChI is InChI=1S/C26H21N5O2S/c1-15-14-34-26-23(15)24(28-21(12-22(32)33-3)25-30-29-16(2)31(25)26)19-9-7-18(8-10-19)20-6-4-5-17(11-20)13-27/h4-11,14,21H,12H2,1-3H3/t21-/m0/s1. The van der Waals surface area contributed by atoms with Gasteiger partial charge in [0.25, 0.3) is 0 Å². The lowest BCUT2D eigenvalue weighted by Crippen LogP contribution is -2.12. The summed E-state index contributed by atoms with van der Waals surface area (Å²) in [6.07, 6.45) is 0.0746. The van der Waals surface area contributed by atoms with Gasteiger partial charge in [0.2, 0.25) is 0 Å². The van der Waals surface area contributed by atoms with Crippen molar-refractivity contribution in [3.05, 3.63) is 87.8 Å². The van der Waals surface area contributed by atoms with Crippen LogP contribution in [-0.2, 0) is 9.53 Å². The zero-order valence-electron chi connectivity index (χ0n) is 18.9. The monoisotopic (exact) mass is 467 g/mol. The summed E-state index contributed by atoms with van der Waals surface area (Å²) < 4.78 is 6.94. The zero-order chi connectivity index (χ0) is 23.8. The van der Waals surface area contributed by atoms with E-state index >= 15 is 0 Å². The summed E-state index contributed by atoms with van der Waals surface area (Å²) >= 11 is 1.61. The molecule has 4 aromatic rings. The summed E-state index contributed by atoms with van der Waals surface area (Å²) in [6.45, 7) is 3.96. The van der Waals surface area contributed by atoms with Gasteiger partial charge >= 0.3 is 5.97 Å². The van der Waals surface area contributed by atoms with E-state index in [1.54, 1.807) is 17.4 Å². The summed E-state index contributed by atoms with van der Waals surface area (Å²) in [6, 6.07) is 17.3. The number of benzene rings is 2. The normalized spacial score (nSPS) is 14.4. The van der Waals surface area contributed by atoms with E-state index in [2.05, 4.69) is 28.6 Å². The molecule has 1 aliphatic rings. The van der Waals surface area contributed by atoms with Gasteiger partial charge in [-0.15, -0.1) is 21.5 Å². The van der Waals surface area contributed by atoms with Gasteiger partial charge in [-0.3, -0.25) is 14.4 Å². The molecule has 0 spiro atoms. The van der Waals surface area contributed by atoms with Crippen molar-refractivity contribution in [3.63, 3.8) is 0 Å². The number of hydrogen-bond donors (Lipinski definition) is 0. The molecular formula is C26H21N5O2S. The van der Waals surface area contributed by atoms with Crippen molar-refractivity contribution in [3.8, 4) is 22.2 Å². The Bertz CT molecular complexity index is 1470. The number of thiophene rings is 1. The second-order valence-electron chi connectivity index (χ2n) is 8.08. The van der Waals surface area contributed by atoms with E-state index < -0.39 is 6.04 Å². The van der Waals surface area contributed by atoms with Gasteiger partial charge in [0.15, 0.2) is 5.82 Å². The predicted molar refractivity (Wildman–Crippen MR) is 130 cm³/mol. The Balaban J connectivity index is 1.64. The number of carbonyl (C=O) groups excluding carboxylic acids is 1. The number of aryl methyl sites for hydroxylation is 2. The Hall–Kier alpha value is -4.09. The third kappa shape index (κ3) is 3.70. The van der Waals surface area contributed by atoms with Crippen molar-refractivity contribution in [2.75, 3.05) is 7.11 Å². The van der Waals surface area contributed by atoms with E-state index in [9.17, 15) is 10.1 Å². The molecule has 0 saturated heterocycles. The topological polar surface area (TPSA) is 93.2 Å². The van der Waals surface area contributed by atoms with Crippen molar-refractivity contribution in [1.82, 2.24) is 14.8 Å². The molecule has 0 amide bonds. The number of fused-ring (bicyclic) bond motifs is 3. The van der Waals surface area contributed by atoms with Crippen LogP contribution in [0.1, 0.15) is 46.4 Å². The molecule has 2 aromatic carbocycles. The second kappa shape index (κ2) is 8.69. The highest BCUT2D eigenvalue weighted by atomic mass is 32.1. The van der Waals surface area contributed by atoms with Crippen LogP contribution in [0.5, 0.6) is 0 Å². The fourth-order valence-corrected chi connectivity index (χ4v) is 5.31. The summed E-state index contributed by atoms with van der Waals surface area (Å²) in [5, 5.41) is 20.9. The molecule has 1 aliphatic heterocycles.